The van der Waals surface area contributed by atoms with E-state index in [0.29, 0.717) is 29.3 Å². The molecular weight excluding hydrogens is 222 g/mol. The molecule has 2 N–H and O–H groups in total. The summed E-state index contributed by atoms with van der Waals surface area (Å²) >= 11 is 0. The monoisotopic (exact) mass is 235 g/mol. The molecule has 7 heteroatoms. The van der Waals surface area contributed by atoms with Crippen LogP contribution in [0.5, 0.6) is 0 Å². The highest BCUT2D eigenvalue weighted by Gasteiger charge is 2.20. The van der Waals surface area contributed by atoms with Gasteiger partial charge in [0, 0.05) is 0 Å². The van der Waals surface area contributed by atoms with Crippen LogP contribution in [0.2, 0.25) is 0 Å². The van der Waals surface area contributed by atoms with Crippen molar-refractivity contribution >= 4 is 11.9 Å². The number of carbonyl (C=O) groups excluding carboxylic acids is 1. The Balaban J connectivity index is 2.22. The Bertz CT molecular complexity index is 543. The van der Waals surface area contributed by atoms with Crippen LogP contribution in [0.1, 0.15) is 34.6 Å². The lowest BCUT2D eigenvalue weighted by Gasteiger charge is -1.99. The van der Waals surface area contributed by atoms with Crippen LogP contribution in [0.15, 0.2) is 4.52 Å². The summed E-state index contributed by atoms with van der Waals surface area (Å²) in [6.45, 7) is 5.36. The van der Waals surface area contributed by atoms with Gasteiger partial charge < -0.3 is 4.52 Å². The molecule has 0 fully saturated rings. The average Bonchev–Trinajstić information content (AvgIpc) is 2.84. The average molecular weight is 235 g/mol. The van der Waals surface area contributed by atoms with E-state index in [0.717, 1.165) is 0 Å². The number of hydrogen-bond donors (Lipinski definition) is 2. The fraction of sp³-hybridized carbons (Fsp3) is 0.400. The predicted molar refractivity (Wildman–Crippen MR) is 59.7 cm³/mol. The van der Waals surface area contributed by atoms with Crippen molar-refractivity contribution in [3.8, 4) is 0 Å². The van der Waals surface area contributed by atoms with E-state index in [1.54, 1.807) is 13.8 Å². The van der Waals surface area contributed by atoms with Gasteiger partial charge in [-0.2, -0.15) is 4.98 Å². The van der Waals surface area contributed by atoms with Gasteiger partial charge in [-0.15, -0.1) is 5.10 Å². The van der Waals surface area contributed by atoms with E-state index in [4.69, 9.17) is 4.52 Å². The Labute approximate surface area is 97.6 Å². The fourth-order valence-electron chi connectivity index (χ4n) is 1.51. The van der Waals surface area contributed by atoms with Crippen molar-refractivity contribution in [3.05, 3.63) is 22.8 Å². The molecule has 0 unspecified atom stereocenters. The molecule has 2 aromatic rings. The van der Waals surface area contributed by atoms with Crippen molar-refractivity contribution < 1.29 is 9.32 Å². The molecule has 2 heterocycles. The van der Waals surface area contributed by atoms with E-state index >= 15 is 0 Å². The number of aromatic nitrogens is 4. The summed E-state index contributed by atoms with van der Waals surface area (Å²) in [4.78, 5) is 16.0. The fourth-order valence-corrected chi connectivity index (χ4v) is 1.51. The molecule has 17 heavy (non-hydrogen) atoms. The zero-order chi connectivity index (χ0) is 12.4. The first-order valence-electron chi connectivity index (χ1n) is 5.27. The number of H-pyrrole nitrogens is 1. The Hall–Kier alpha value is -2.18. The molecule has 0 aromatic carbocycles. The molecule has 7 nitrogen and oxygen atoms in total. The summed E-state index contributed by atoms with van der Waals surface area (Å²) in [7, 11) is 0. The smallest absolute Gasteiger partial charge is 0.263 e. The number of amides is 1. The summed E-state index contributed by atoms with van der Waals surface area (Å²) in [5, 5.41) is 12.9. The van der Waals surface area contributed by atoms with Gasteiger partial charge in [0.2, 0.25) is 5.95 Å². The van der Waals surface area contributed by atoms with Gasteiger partial charge in [-0.3, -0.25) is 15.2 Å². The van der Waals surface area contributed by atoms with Crippen molar-refractivity contribution in [3.63, 3.8) is 0 Å². The topological polar surface area (TPSA) is 96.7 Å². The van der Waals surface area contributed by atoms with E-state index in [9.17, 15) is 4.79 Å². The molecule has 2 rings (SSSR count). The first kappa shape index (κ1) is 11.3. The summed E-state index contributed by atoms with van der Waals surface area (Å²) in [6.07, 6.45) is 0.632. The molecule has 0 saturated carbocycles. The molecule has 90 valence electrons. The standard InChI is InChI=1S/C10H13N5O2/c1-4-7-8(5(2)17-15-7)9(16)12-10-11-6(3)13-14-10/h4H2,1-3H3,(H2,11,12,13,14,16). The minimum Gasteiger partial charge on any atom is -0.361 e. The first-order chi connectivity index (χ1) is 8.11. The van der Waals surface area contributed by atoms with E-state index in [1.807, 2.05) is 6.92 Å². The van der Waals surface area contributed by atoms with E-state index in [1.165, 1.54) is 0 Å². The van der Waals surface area contributed by atoms with Crippen molar-refractivity contribution in [2.75, 3.05) is 5.32 Å². The van der Waals surface area contributed by atoms with Crippen LogP contribution in [0.4, 0.5) is 5.95 Å². The van der Waals surface area contributed by atoms with Crippen LogP contribution < -0.4 is 5.32 Å². The predicted octanol–water partition coefficient (Wildman–Crippen LogP) is 1.22. The number of aryl methyl sites for hydroxylation is 3. The highest BCUT2D eigenvalue weighted by molar-refractivity contribution is 6.04. The maximum Gasteiger partial charge on any atom is 0.263 e. The normalized spacial score (nSPS) is 10.5. The minimum atomic E-state index is -0.306. The van der Waals surface area contributed by atoms with E-state index in [2.05, 4.69) is 25.7 Å². The molecular formula is C10H13N5O2. The highest BCUT2D eigenvalue weighted by atomic mass is 16.5. The van der Waals surface area contributed by atoms with Crippen LogP contribution >= 0.6 is 0 Å². The molecule has 0 radical (unpaired) electrons. The zero-order valence-electron chi connectivity index (χ0n) is 9.87. The highest BCUT2D eigenvalue weighted by Crippen LogP contribution is 2.15. The zero-order valence-corrected chi connectivity index (χ0v) is 9.87. The molecule has 0 bridgehead atoms. The second kappa shape index (κ2) is 4.36. The lowest BCUT2D eigenvalue weighted by molar-refractivity contribution is 0.102. The van der Waals surface area contributed by atoms with Crippen LogP contribution in [0.25, 0.3) is 0 Å². The second-order valence-electron chi connectivity index (χ2n) is 3.61. The van der Waals surface area contributed by atoms with Crippen molar-refractivity contribution in [2.45, 2.75) is 27.2 Å². The van der Waals surface area contributed by atoms with Crippen molar-refractivity contribution in [2.24, 2.45) is 0 Å². The summed E-state index contributed by atoms with van der Waals surface area (Å²) in [5.41, 5.74) is 1.09. The number of nitrogens with zero attached hydrogens (tertiary/aromatic N) is 3. The van der Waals surface area contributed by atoms with Gasteiger partial charge in [0.25, 0.3) is 5.91 Å². The van der Waals surface area contributed by atoms with Gasteiger partial charge in [-0.25, -0.2) is 0 Å². The third-order valence-corrected chi connectivity index (χ3v) is 2.32. The van der Waals surface area contributed by atoms with Crippen molar-refractivity contribution in [1.29, 1.82) is 0 Å². The number of hydrogen-bond acceptors (Lipinski definition) is 5. The number of aromatic amines is 1. The van der Waals surface area contributed by atoms with Crippen LogP contribution in [0, 0.1) is 13.8 Å². The maximum atomic E-state index is 12.0. The molecule has 0 saturated heterocycles. The third kappa shape index (κ3) is 2.17. The SMILES string of the molecule is CCc1noc(C)c1C(=O)Nc1n[nH]c(C)n1. The van der Waals surface area contributed by atoms with E-state index < -0.39 is 0 Å². The lowest BCUT2D eigenvalue weighted by atomic mass is 10.1. The summed E-state index contributed by atoms with van der Waals surface area (Å²) < 4.78 is 4.99. The van der Waals surface area contributed by atoms with Crippen LogP contribution in [0.3, 0.4) is 0 Å². The Morgan fingerprint density at radius 2 is 2.24 bits per heavy atom. The molecule has 0 aliphatic heterocycles. The molecule has 1 amide bonds. The van der Waals surface area contributed by atoms with Crippen molar-refractivity contribution in [1.82, 2.24) is 20.3 Å². The maximum absolute atomic E-state index is 12.0. The largest absolute Gasteiger partial charge is 0.361 e. The second-order valence-corrected chi connectivity index (χ2v) is 3.61. The third-order valence-electron chi connectivity index (χ3n) is 2.32. The van der Waals surface area contributed by atoms with Gasteiger partial charge in [0.05, 0.1) is 5.69 Å². The molecule has 0 spiro atoms. The number of carbonyl (C=O) groups is 1. The Morgan fingerprint density at radius 3 is 2.82 bits per heavy atom. The quantitative estimate of drug-likeness (QED) is 0.833. The first-order valence-corrected chi connectivity index (χ1v) is 5.27. The minimum absolute atomic E-state index is 0.246. The molecule has 0 atom stereocenters. The van der Waals surface area contributed by atoms with Gasteiger partial charge >= 0.3 is 0 Å². The number of anilines is 1. The van der Waals surface area contributed by atoms with Crippen LogP contribution in [-0.4, -0.2) is 26.2 Å². The summed E-state index contributed by atoms with van der Waals surface area (Å²) in [5.74, 6) is 1.07. The van der Waals surface area contributed by atoms with E-state index in [-0.39, 0.29) is 11.9 Å². The number of nitrogens with one attached hydrogen (secondary N) is 2. The lowest BCUT2D eigenvalue weighted by Crippen LogP contribution is -2.15. The van der Waals surface area contributed by atoms with Gasteiger partial charge in [-0.1, -0.05) is 12.1 Å². The number of rotatable bonds is 3. The molecule has 2 aromatic heterocycles. The molecule has 0 aliphatic carbocycles. The van der Waals surface area contributed by atoms with Gasteiger partial charge in [0.15, 0.2) is 0 Å². The summed E-state index contributed by atoms with van der Waals surface area (Å²) in [6, 6.07) is 0. The molecule has 0 aliphatic rings. The Morgan fingerprint density at radius 1 is 1.47 bits per heavy atom. The van der Waals surface area contributed by atoms with Crippen LogP contribution in [-0.2, 0) is 6.42 Å². The van der Waals surface area contributed by atoms with Gasteiger partial charge in [0.1, 0.15) is 17.1 Å². The van der Waals surface area contributed by atoms with Gasteiger partial charge in [-0.05, 0) is 20.3 Å². The Kier molecular flexibility index (Phi) is 2.90.